The summed E-state index contributed by atoms with van der Waals surface area (Å²) in [5, 5.41) is -0.677. The fourth-order valence-corrected chi connectivity index (χ4v) is 2.86. The van der Waals surface area contributed by atoms with Crippen LogP contribution in [0.1, 0.15) is 25.0 Å². The largest absolute Gasteiger partial charge is 0.462 e. The minimum absolute atomic E-state index is 0.0540. The van der Waals surface area contributed by atoms with Crippen molar-refractivity contribution in [2.75, 3.05) is 6.54 Å². The van der Waals surface area contributed by atoms with Crippen LogP contribution in [0.25, 0.3) is 6.08 Å². The maximum Gasteiger partial charge on any atom is 0.416 e. The van der Waals surface area contributed by atoms with E-state index in [1.165, 1.54) is 18.2 Å². The molecule has 0 N–H and O–H groups in total. The number of carbonyl (C=O) groups excluding carboxylic acids is 3. The Labute approximate surface area is 145 Å². The number of thioether (sulfide) groups is 1. The molecule has 1 aliphatic heterocycles. The van der Waals surface area contributed by atoms with Gasteiger partial charge >= 0.3 is 12.1 Å². The second-order valence-corrected chi connectivity index (χ2v) is 6.42. The van der Waals surface area contributed by atoms with Crippen LogP contribution in [0.3, 0.4) is 0 Å². The molecule has 0 radical (unpaired) electrons. The highest BCUT2D eigenvalue weighted by Crippen LogP contribution is 2.34. The number of imide groups is 1. The summed E-state index contributed by atoms with van der Waals surface area (Å²) in [5.41, 5.74) is -0.730. The number of rotatable bonds is 4. The van der Waals surface area contributed by atoms with Crippen LogP contribution >= 0.6 is 11.8 Å². The van der Waals surface area contributed by atoms with Crippen molar-refractivity contribution in [1.82, 2.24) is 4.90 Å². The molecule has 0 aliphatic carbocycles. The van der Waals surface area contributed by atoms with Gasteiger partial charge < -0.3 is 4.74 Å². The number of hydrogen-bond donors (Lipinski definition) is 0. The van der Waals surface area contributed by atoms with Crippen molar-refractivity contribution in [3.05, 3.63) is 40.3 Å². The molecular weight excluding hydrogens is 359 g/mol. The van der Waals surface area contributed by atoms with Gasteiger partial charge in [-0.15, -0.1) is 0 Å². The van der Waals surface area contributed by atoms with E-state index in [-0.39, 0.29) is 10.5 Å². The molecule has 1 heterocycles. The molecule has 1 saturated heterocycles. The van der Waals surface area contributed by atoms with Gasteiger partial charge in [-0.25, -0.2) is 0 Å². The predicted molar refractivity (Wildman–Crippen MR) is 85.3 cm³/mol. The highest BCUT2D eigenvalue weighted by Gasteiger charge is 2.37. The highest BCUT2D eigenvalue weighted by molar-refractivity contribution is 8.18. The van der Waals surface area contributed by atoms with Crippen LogP contribution in [0.15, 0.2) is 29.2 Å². The van der Waals surface area contributed by atoms with Gasteiger partial charge in [0.15, 0.2) is 0 Å². The summed E-state index contributed by atoms with van der Waals surface area (Å²) < 4.78 is 43.0. The van der Waals surface area contributed by atoms with E-state index in [9.17, 15) is 27.6 Å². The molecule has 2 amide bonds. The molecule has 2 rings (SSSR count). The number of esters is 1. The third-order valence-corrected chi connectivity index (χ3v) is 3.95. The van der Waals surface area contributed by atoms with Gasteiger partial charge in [0.25, 0.3) is 11.1 Å². The Kier molecular flexibility index (Phi) is 5.56. The first kappa shape index (κ1) is 19.0. The van der Waals surface area contributed by atoms with Crippen molar-refractivity contribution >= 4 is 35.0 Å². The zero-order chi connectivity index (χ0) is 18.8. The molecule has 5 nitrogen and oxygen atoms in total. The van der Waals surface area contributed by atoms with E-state index in [0.29, 0.717) is 16.7 Å². The lowest BCUT2D eigenvalue weighted by Crippen LogP contribution is -2.35. The summed E-state index contributed by atoms with van der Waals surface area (Å²) in [7, 11) is 0. The van der Waals surface area contributed by atoms with E-state index in [0.717, 1.165) is 12.1 Å². The van der Waals surface area contributed by atoms with Gasteiger partial charge in [-0.05, 0) is 49.4 Å². The van der Waals surface area contributed by atoms with Gasteiger partial charge in [0, 0.05) is 0 Å². The maximum atomic E-state index is 12.7. The SMILES string of the molecule is CC(C)OC(=O)CN1C(=O)S/C(=C\c2cccc(C(F)(F)F)c2)C1=O. The minimum Gasteiger partial charge on any atom is -0.462 e. The predicted octanol–water partition coefficient (Wildman–Crippen LogP) is 3.69. The Morgan fingerprint density at radius 1 is 1.32 bits per heavy atom. The van der Waals surface area contributed by atoms with Crippen molar-refractivity contribution in [3.8, 4) is 0 Å². The van der Waals surface area contributed by atoms with E-state index in [1.807, 2.05) is 0 Å². The van der Waals surface area contributed by atoms with Crippen LogP contribution in [0.5, 0.6) is 0 Å². The molecule has 0 aromatic heterocycles. The average molecular weight is 373 g/mol. The first-order chi connectivity index (χ1) is 11.6. The van der Waals surface area contributed by atoms with E-state index in [2.05, 4.69) is 0 Å². The number of halogens is 3. The van der Waals surface area contributed by atoms with Crippen LogP contribution in [0, 0.1) is 0 Å². The molecule has 0 unspecified atom stereocenters. The van der Waals surface area contributed by atoms with Gasteiger partial charge in [0.2, 0.25) is 0 Å². The zero-order valence-electron chi connectivity index (χ0n) is 13.3. The van der Waals surface area contributed by atoms with Gasteiger partial charge in [0.05, 0.1) is 16.6 Å². The average Bonchev–Trinajstić information content (AvgIpc) is 2.73. The Morgan fingerprint density at radius 2 is 2.00 bits per heavy atom. The molecule has 1 aromatic carbocycles. The van der Waals surface area contributed by atoms with Gasteiger partial charge in [-0.1, -0.05) is 12.1 Å². The number of amides is 2. The Hall–Kier alpha value is -2.29. The molecule has 25 heavy (non-hydrogen) atoms. The molecule has 0 bridgehead atoms. The normalized spacial score (nSPS) is 16.9. The number of nitrogens with zero attached hydrogens (tertiary/aromatic N) is 1. The van der Waals surface area contributed by atoms with Crippen molar-refractivity contribution < 1.29 is 32.3 Å². The molecule has 1 fully saturated rings. The molecule has 0 saturated carbocycles. The summed E-state index contributed by atoms with van der Waals surface area (Å²) in [5.74, 6) is -1.48. The fraction of sp³-hybridized carbons (Fsp3) is 0.312. The number of carbonyl (C=O) groups is 3. The standard InChI is InChI=1S/C16H14F3NO4S/c1-9(2)24-13(21)8-20-14(22)12(25-15(20)23)7-10-4-3-5-11(6-10)16(17,18)19/h3-7,9H,8H2,1-2H3/b12-7-. The van der Waals surface area contributed by atoms with Crippen molar-refractivity contribution in [1.29, 1.82) is 0 Å². The smallest absolute Gasteiger partial charge is 0.416 e. The summed E-state index contributed by atoms with van der Waals surface area (Å²) in [6.45, 7) is 2.71. The minimum atomic E-state index is -4.51. The number of ether oxygens (including phenoxy) is 1. The molecule has 1 aliphatic rings. The molecule has 1 aromatic rings. The van der Waals surface area contributed by atoms with Crippen molar-refractivity contribution in [2.45, 2.75) is 26.1 Å². The number of hydrogen-bond acceptors (Lipinski definition) is 5. The summed E-state index contributed by atoms with van der Waals surface area (Å²) in [4.78, 5) is 36.3. The van der Waals surface area contributed by atoms with Crippen LogP contribution in [-0.2, 0) is 20.5 Å². The molecule has 9 heteroatoms. The zero-order valence-corrected chi connectivity index (χ0v) is 14.1. The van der Waals surface area contributed by atoms with Crippen LogP contribution in [0.2, 0.25) is 0 Å². The molecular formula is C16H14F3NO4S. The Balaban J connectivity index is 2.19. The Morgan fingerprint density at radius 3 is 2.60 bits per heavy atom. The quantitative estimate of drug-likeness (QED) is 0.595. The second-order valence-electron chi connectivity index (χ2n) is 5.43. The first-order valence-electron chi connectivity index (χ1n) is 7.20. The van der Waals surface area contributed by atoms with Crippen molar-refractivity contribution in [3.63, 3.8) is 0 Å². The topological polar surface area (TPSA) is 63.7 Å². The summed E-state index contributed by atoms with van der Waals surface area (Å²) >= 11 is 0.560. The van der Waals surface area contributed by atoms with E-state index >= 15 is 0 Å². The van der Waals surface area contributed by atoms with Crippen molar-refractivity contribution in [2.24, 2.45) is 0 Å². The highest BCUT2D eigenvalue weighted by atomic mass is 32.2. The first-order valence-corrected chi connectivity index (χ1v) is 8.01. The Bertz CT molecular complexity index is 743. The number of alkyl halides is 3. The molecule has 134 valence electrons. The summed E-state index contributed by atoms with van der Waals surface area (Å²) in [6, 6.07) is 4.38. The van der Waals surface area contributed by atoms with E-state index < -0.39 is 41.5 Å². The van der Waals surface area contributed by atoms with Gasteiger partial charge in [0.1, 0.15) is 6.54 Å². The summed E-state index contributed by atoms with van der Waals surface area (Å²) in [6.07, 6.45) is -3.72. The van der Waals surface area contributed by atoms with Gasteiger partial charge in [-0.2, -0.15) is 13.2 Å². The van der Waals surface area contributed by atoms with E-state index in [1.54, 1.807) is 13.8 Å². The maximum absolute atomic E-state index is 12.7. The lowest BCUT2D eigenvalue weighted by molar-refractivity contribution is -0.149. The lowest BCUT2D eigenvalue weighted by Gasteiger charge is -2.13. The monoisotopic (exact) mass is 373 g/mol. The third kappa shape index (κ3) is 4.85. The number of benzene rings is 1. The van der Waals surface area contributed by atoms with E-state index in [4.69, 9.17) is 4.74 Å². The van der Waals surface area contributed by atoms with Crippen LogP contribution in [-0.4, -0.2) is 34.7 Å². The third-order valence-electron chi connectivity index (χ3n) is 3.04. The van der Waals surface area contributed by atoms with Gasteiger partial charge in [-0.3, -0.25) is 19.3 Å². The van der Waals surface area contributed by atoms with Crippen LogP contribution in [0.4, 0.5) is 18.0 Å². The second kappa shape index (κ2) is 7.30. The lowest BCUT2D eigenvalue weighted by atomic mass is 10.1. The van der Waals surface area contributed by atoms with Crippen LogP contribution < -0.4 is 0 Å². The fourth-order valence-electron chi connectivity index (χ4n) is 2.02. The molecule has 0 atom stereocenters. The molecule has 0 spiro atoms.